The van der Waals surface area contributed by atoms with Crippen molar-refractivity contribution in [2.45, 2.75) is 33.2 Å². The van der Waals surface area contributed by atoms with Gasteiger partial charge in [0.1, 0.15) is 0 Å². The Hall–Kier alpha value is -3.28. The normalized spacial score (nSPS) is 11.5. The van der Waals surface area contributed by atoms with Gasteiger partial charge in [0.2, 0.25) is 5.91 Å². The molecule has 6 heteroatoms. The lowest BCUT2D eigenvalue weighted by atomic mass is 10.1. The van der Waals surface area contributed by atoms with Crippen LogP contribution in [0.5, 0.6) is 0 Å². The van der Waals surface area contributed by atoms with Gasteiger partial charge >= 0.3 is 0 Å². The lowest BCUT2D eigenvalue weighted by Gasteiger charge is -2.12. The number of guanidine groups is 1. The molecule has 3 N–H and O–H groups in total. The van der Waals surface area contributed by atoms with Crippen LogP contribution >= 0.6 is 0 Å². The van der Waals surface area contributed by atoms with Crippen LogP contribution in [-0.2, 0) is 17.8 Å². The first kappa shape index (κ1) is 21.4. The Kier molecular flexibility index (Phi) is 7.89. The number of hydrogen-bond donors (Lipinski definition) is 3. The number of benzene rings is 2. The standard InChI is InChI=1S/C24H31N5O/c1-3-25-24(27-16-13-20-9-11-22(12-10-20)28-19(2)30)26-15-6-17-29-18-14-21-7-4-5-8-23(21)29/h4-5,7-12,14,18H,3,6,13,15-17H2,1-2H3,(H,28,30)(H2,25,26,27). The summed E-state index contributed by atoms with van der Waals surface area (Å²) in [6.45, 7) is 6.95. The highest BCUT2D eigenvalue weighted by molar-refractivity contribution is 5.88. The molecule has 0 radical (unpaired) electrons. The molecule has 0 spiro atoms. The van der Waals surface area contributed by atoms with Gasteiger partial charge in [0.25, 0.3) is 0 Å². The topological polar surface area (TPSA) is 70.5 Å². The number of aryl methyl sites for hydroxylation is 1. The number of carbonyl (C=O) groups excluding carboxylic acids is 1. The molecule has 0 bridgehead atoms. The molecule has 3 rings (SSSR count). The molecule has 1 heterocycles. The highest BCUT2D eigenvalue weighted by Crippen LogP contribution is 2.15. The highest BCUT2D eigenvalue weighted by Gasteiger charge is 2.01. The molecule has 3 aromatic rings. The van der Waals surface area contributed by atoms with Gasteiger partial charge in [0, 0.05) is 50.5 Å². The third-order valence-corrected chi connectivity index (χ3v) is 4.83. The van der Waals surface area contributed by atoms with Gasteiger partial charge in [-0.1, -0.05) is 30.3 Å². The summed E-state index contributed by atoms with van der Waals surface area (Å²) in [6, 6.07) is 18.6. The third-order valence-electron chi connectivity index (χ3n) is 4.83. The maximum Gasteiger partial charge on any atom is 0.221 e. The quantitative estimate of drug-likeness (QED) is 0.288. The number of aromatic nitrogens is 1. The zero-order chi connectivity index (χ0) is 21.2. The number of carbonyl (C=O) groups is 1. The Morgan fingerprint density at radius 2 is 1.83 bits per heavy atom. The molecular formula is C24H31N5O. The van der Waals surface area contributed by atoms with Gasteiger partial charge in [0.15, 0.2) is 5.96 Å². The van der Waals surface area contributed by atoms with Crippen molar-refractivity contribution in [2.24, 2.45) is 4.99 Å². The van der Waals surface area contributed by atoms with Crippen molar-refractivity contribution in [2.75, 3.05) is 25.0 Å². The SMILES string of the molecule is CCNC(=NCCCn1ccc2ccccc21)NCCc1ccc(NC(C)=O)cc1. The zero-order valence-electron chi connectivity index (χ0n) is 17.8. The van der Waals surface area contributed by atoms with E-state index in [0.717, 1.165) is 50.7 Å². The van der Waals surface area contributed by atoms with Gasteiger partial charge < -0.3 is 20.5 Å². The fourth-order valence-electron chi connectivity index (χ4n) is 3.39. The Morgan fingerprint density at radius 1 is 1.03 bits per heavy atom. The minimum atomic E-state index is -0.0547. The Morgan fingerprint density at radius 3 is 2.60 bits per heavy atom. The van der Waals surface area contributed by atoms with Crippen molar-refractivity contribution in [1.29, 1.82) is 0 Å². The van der Waals surface area contributed by atoms with Gasteiger partial charge in [-0.15, -0.1) is 0 Å². The fourth-order valence-corrected chi connectivity index (χ4v) is 3.39. The molecule has 0 saturated heterocycles. The number of anilines is 1. The second-order valence-corrected chi connectivity index (χ2v) is 7.24. The summed E-state index contributed by atoms with van der Waals surface area (Å²) in [5.41, 5.74) is 3.31. The monoisotopic (exact) mass is 405 g/mol. The van der Waals surface area contributed by atoms with E-state index in [-0.39, 0.29) is 5.91 Å². The van der Waals surface area contributed by atoms with Crippen molar-refractivity contribution in [3.63, 3.8) is 0 Å². The first-order valence-corrected chi connectivity index (χ1v) is 10.6. The van der Waals surface area contributed by atoms with Crippen LogP contribution in [0.15, 0.2) is 65.8 Å². The number of aliphatic imine (C=N–C) groups is 1. The molecule has 1 aromatic heterocycles. The van der Waals surface area contributed by atoms with Crippen LogP contribution in [0.1, 0.15) is 25.8 Å². The molecule has 0 aliphatic carbocycles. The number of hydrogen-bond acceptors (Lipinski definition) is 2. The van der Waals surface area contributed by atoms with Gasteiger partial charge in [0.05, 0.1) is 0 Å². The number of nitrogens with one attached hydrogen (secondary N) is 3. The summed E-state index contributed by atoms with van der Waals surface area (Å²) in [7, 11) is 0. The molecule has 0 saturated carbocycles. The second kappa shape index (κ2) is 11.0. The molecule has 6 nitrogen and oxygen atoms in total. The van der Waals surface area contributed by atoms with Gasteiger partial charge in [-0.3, -0.25) is 9.79 Å². The summed E-state index contributed by atoms with van der Waals surface area (Å²) in [5.74, 6) is 0.797. The fraction of sp³-hybridized carbons (Fsp3) is 0.333. The molecule has 0 fully saturated rings. The van der Waals surface area contributed by atoms with Crippen molar-refractivity contribution in [3.05, 3.63) is 66.4 Å². The van der Waals surface area contributed by atoms with E-state index >= 15 is 0 Å². The molecule has 30 heavy (non-hydrogen) atoms. The summed E-state index contributed by atoms with van der Waals surface area (Å²) >= 11 is 0. The maximum atomic E-state index is 11.1. The highest BCUT2D eigenvalue weighted by atomic mass is 16.1. The smallest absolute Gasteiger partial charge is 0.221 e. The van der Waals surface area contributed by atoms with Crippen LogP contribution in [0.3, 0.4) is 0 Å². The van der Waals surface area contributed by atoms with Crippen LogP contribution < -0.4 is 16.0 Å². The van der Waals surface area contributed by atoms with E-state index in [2.05, 4.69) is 64.0 Å². The van der Waals surface area contributed by atoms with E-state index in [9.17, 15) is 4.79 Å². The van der Waals surface area contributed by atoms with Crippen LogP contribution in [0.25, 0.3) is 10.9 Å². The van der Waals surface area contributed by atoms with Gasteiger partial charge in [-0.05, 0) is 55.0 Å². The van der Waals surface area contributed by atoms with E-state index < -0.39 is 0 Å². The molecule has 0 atom stereocenters. The van der Waals surface area contributed by atoms with E-state index in [1.807, 2.05) is 24.3 Å². The largest absolute Gasteiger partial charge is 0.357 e. The van der Waals surface area contributed by atoms with Gasteiger partial charge in [-0.25, -0.2) is 0 Å². The summed E-state index contributed by atoms with van der Waals surface area (Å²) in [4.78, 5) is 15.8. The van der Waals surface area contributed by atoms with Crippen LogP contribution in [0.4, 0.5) is 5.69 Å². The molecule has 2 aromatic carbocycles. The second-order valence-electron chi connectivity index (χ2n) is 7.24. The average molecular weight is 406 g/mol. The van der Waals surface area contributed by atoms with Gasteiger partial charge in [-0.2, -0.15) is 0 Å². The van der Waals surface area contributed by atoms with Crippen molar-refractivity contribution >= 4 is 28.5 Å². The predicted molar refractivity (Wildman–Crippen MR) is 125 cm³/mol. The van der Waals surface area contributed by atoms with E-state index in [4.69, 9.17) is 4.99 Å². The third kappa shape index (κ3) is 6.37. The number of amides is 1. The Balaban J connectivity index is 1.44. The first-order valence-electron chi connectivity index (χ1n) is 10.6. The molecular weight excluding hydrogens is 374 g/mol. The first-order chi connectivity index (χ1) is 14.7. The number of para-hydroxylation sites is 1. The molecule has 0 unspecified atom stereocenters. The summed E-state index contributed by atoms with van der Waals surface area (Å²) < 4.78 is 2.29. The van der Waals surface area contributed by atoms with Crippen molar-refractivity contribution in [3.8, 4) is 0 Å². The lowest BCUT2D eigenvalue weighted by Crippen LogP contribution is -2.38. The van der Waals surface area contributed by atoms with Crippen LogP contribution in [0, 0.1) is 0 Å². The van der Waals surface area contributed by atoms with Crippen LogP contribution in [0.2, 0.25) is 0 Å². The average Bonchev–Trinajstić information content (AvgIpc) is 3.15. The van der Waals surface area contributed by atoms with Crippen LogP contribution in [-0.4, -0.2) is 36.1 Å². The molecule has 0 aliphatic rings. The van der Waals surface area contributed by atoms with Crippen molar-refractivity contribution in [1.82, 2.24) is 15.2 Å². The molecule has 0 aliphatic heterocycles. The lowest BCUT2D eigenvalue weighted by molar-refractivity contribution is -0.114. The van der Waals surface area contributed by atoms with E-state index in [0.29, 0.717) is 0 Å². The number of rotatable bonds is 9. The minimum absolute atomic E-state index is 0.0547. The maximum absolute atomic E-state index is 11.1. The number of fused-ring (bicyclic) bond motifs is 1. The summed E-state index contributed by atoms with van der Waals surface area (Å²) in [5, 5.41) is 10.8. The Labute approximate surface area is 178 Å². The minimum Gasteiger partial charge on any atom is -0.357 e. The van der Waals surface area contributed by atoms with Crippen molar-refractivity contribution < 1.29 is 4.79 Å². The molecule has 1 amide bonds. The zero-order valence-corrected chi connectivity index (χ0v) is 17.8. The molecule has 158 valence electrons. The Bertz CT molecular complexity index is 975. The van der Waals surface area contributed by atoms with E-state index in [1.54, 1.807) is 0 Å². The number of nitrogens with zero attached hydrogens (tertiary/aromatic N) is 2. The van der Waals surface area contributed by atoms with E-state index in [1.165, 1.54) is 23.4 Å². The predicted octanol–water partition coefficient (Wildman–Crippen LogP) is 3.79. The summed E-state index contributed by atoms with van der Waals surface area (Å²) in [6.07, 6.45) is 4.02.